The minimum Gasteiger partial charge on any atom is -0.496 e. The van der Waals surface area contributed by atoms with Crippen LogP contribution in [0, 0.1) is 0 Å². The van der Waals surface area contributed by atoms with E-state index in [1.54, 1.807) is 28.4 Å². The predicted molar refractivity (Wildman–Crippen MR) is 136 cm³/mol. The number of hydrogen-bond donors (Lipinski definition) is 2. The number of H-pyrrole nitrogens is 1. The van der Waals surface area contributed by atoms with Gasteiger partial charge in [0.2, 0.25) is 11.7 Å². The number of hydrogen-bond acceptors (Lipinski definition) is 5. The molecule has 1 amide bonds. The third kappa shape index (κ3) is 4.89. The van der Waals surface area contributed by atoms with Gasteiger partial charge in [-0.2, -0.15) is 0 Å². The summed E-state index contributed by atoms with van der Waals surface area (Å²) in [7, 11) is 6.38. The van der Waals surface area contributed by atoms with Crippen LogP contribution in [0.4, 0.5) is 0 Å². The lowest BCUT2D eigenvalue weighted by molar-refractivity contribution is -0.121. The summed E-state index contributed by atoms with van der Waals surface area (Å²) in [5.74, 6) is 1.86. The van der Waals surface area contributed by atoms with Crippen LogP contribution in [0.5, 0.6) is 23.0 Å². The summed E-state index contributed by atoms with van der Waals surface area (Å²) >= 11 is 0. The fourth-order valence-electron chi connectivity index (χ4n) is 4.46. The van der Waals surface area contributed by atoms with Gasteiger partial charge in [0.25, 0.3) is 0 Å². The Morgan fingerprint density at radius 1 is 0.800 bits per heavy atom. The first-order valence-electron chi connectivity index (χ1n) is 11.3. The van der Waals surface area contributed by atoms with Crippen LogP contribution in [-0.2, 0) is 11.3 Å². The topological polar surface area (TPSA) is 81.8 Å². The second kappa shape index (κ2) is 10.9. The third-order valence-electron chi connectivity index (χ3n) is 6.13. The van der Waals surface area contributed by atoms with Gasteiger partial charge in [-0.3, -0.25) is 4.79 Å². The lowest BCUT2D eigenvalue weighted by Gasteiger charge is -2.23. The van der Waals surface area contributed by atoms with Crippen molar-refractivity contribution in [2.45, 2.75) is 18.9 Å². The van der Waals surface area contributed by atoms with E-state index in [9.17, 15) is 4.79 Å². The molecule has 3 aromatic carbocycles. The van der Waals surface area contributed by atoms with Crippen molar-refractivity contribution in [1.82, 2.24) is 10.3 Å². The van der Waals surface area contributed by atoms with E-state index in [1.165, 1.54) is 0 Å². The molecule has 7 heteroatoms. The van der Waals surface area contributed by atoms with Gasteiger partial charge in [0, 0.05) is 41.5 Å². The Labute approximate surface area is 205 Å². The van der Waals surface area contributed by atoms with Crippen LogP contribution in [0.25, 0.3) is 10.9 Å². The number of fused-ring (bicyclic) bond motifs is 1. The number of aromatic amines is 1. The Kier molecular flexibility index (Phi) is 7.45. The molecule has 0 radical (unpaired) electrons. The minimum atomic E-state index is -0.342. The second-order valence-electron chi connectivity index (χ2n) is 8.07. The maximum Gasteiger partial charge on any atom is 0.221 e. The number of benzene rings is 3. The summed E-state index contributed by atoms with van der Waals surface area (Å²) in [4.78, 5) is 16.5. The second-order valence-corrected chi connectivity index (χ2v) is 8.07. The normalized spacial score (nSPS) is 11.7. The van der Waals surface area contributed by atoms with Gasteiger partial charge in [-0.25, -0.2) is 0 Å². The number of carbonyl (C=O) groups excluding carboxylic acids is 1. The molecule has 0 aliphatic carbocycles. The highest BCUT2D eigenvalue weighted by Gasteiger charge is 2.28. The number of carbonyl (C=O) groups is 1. The van der Waals surface area contributed by atoms with Crippen LogP contribution in [0.1, 0.15) is 29.0 Å². The van der Waals surface area contributed by atoms with Crippen molar-refractivity contribution < 1.29 is 23.7 Å². The zero-order valence-corrected chi connectivity index (χ0v) is 20.4. The first kappa shape index (κ1) is 24.0. The van der Waals surface area contributed by atoms with Crippen molar-refractivity contribution in [3.8, 4) is 23.0 Å². The molecule has 1 heterocycles. The van der Waals surface area contributed by atoms with E-state index in [2.05, 4.69) is 10.3 Å². The SMILES string of the molecule is COc1ccc([C@H](CC(=O)NCc2ccccc2)c2c[nH]c3cccc(OC)c23)c(OC)c1OC. The third-order valence-corrected chi connectivity index (χ3v) is 6.13. The molecule has 0 bridgehead atoms. The van der Waals surface area contributed by atoms with Gasteiger partial charge in [0.05, 0.1) is 28.4 Å². The molecule has 0 fully saturated rings. The summed E-state index contributed by atoms with van der Waals surface area (Å²) < 4.78 is 22.5. The van der Waals surface area contributed by atoms with Gasteiger partial charge >= 0.3 is 0 Å². The van der Waals surface area contributed by atoms with Crippen LogP contribution in [0.15, 0.2) is 66.9 Å². The fraction of sp³-hybridized carbons (Fsp3) is 0.250. The molecule has 7 nitrogen and oxygen atoms in total. The summed E-state index contributed by atoms with van der Waals surface area (Å²) in [6.45, 7) is 0.451. The fourth-order valence-corrected chi connectivity index (χ4v) is 4.46. The molecular formula is C28H30N2O5. The first-order valence-corrected chi connectivity index (χ1v) is 11.3. The number of rotatable bonds is 10. The largest absolute Gasteiger partial charge is 0.496 e. The molecule has 0 aliphatic heterocycles. The molecule has 4 rings (SSSR count). The Balaban J connectivity index is 1.79. The number of methoxy groups -OCH3 is 4. The van der Waals surface area contributed by atoms with Crippen molar-refractivity contribution in [2.24, 2.45) is 0 Å². The molecule has 0 aliphatic rings. The predicted octanol–water partition coefficient (Wildman–Crippen LogP) is 5.04. The molecule has 182 valence electrons. The zero-order valence-electron chi connectivity index (χ0n) is 20.4. The Hall–Kier alpha value is -4.13. The number of ether oxygens (including phenoxy) is 4. The Bertz CT molecular complexity index is 1300. The van der Waals surface area contributed by atoms with Gasteiger partial charge in [0.1, 0.15) is 5.75 Å². The molecule has 0 saturated heterocycles. The van der Waals surface area contributed by atoms with Crippen LogP contribution in [0.2, 0.25) is 0 Å². The van der Waals surface area contributed by atoms with E-state index in [-0.39, 0.29) is 18.2 Å². The maximum absolute atomic E-state index is 13.2. The van der Waals surface area contributed by atoms with Gasteiger partial charge in [-0.1, -0.05) is 42.5 Å². The standard InChI is InChI=1S/C28H30N2O5/c1-32-23-12-8-11-22-26(23)21(17-29-22)20(15-25(31)30-16-18-9-6-5-7-10-18)19-13-14-24(33-2)28(35-4)27(19)34-3/h5-14,17,20,29H,15-16H2,1-4H3,(H,30,31)/t20-/m0/s1. The number of nitrogens with one attached hydrogen (secondary N) is 2. The molecule has 4 aromatic rings. The highest BCUT2D eigenvalue weighted by Crippen LogP contribution is 2.47. The summed E-state index contributed by atoms with van der Waals surface area (Å²) in [5.41, 5.74) is 3.70. The van der Waals surface area contributed by atoms with Gasteiger partial charge < -0.3 is 29.2 Å². The van der Waals surface area contributed by atoms with Crippen molar-refractivity contribution in [3.05, 3.63) is 83.6 Å². The molecule has 2 N–H and O–H groups in total. The average molecular weight is 475 g/mol. The van der Waals surface area contributed by atoms with Crippen molar-refractivity contribution >= 4 is 16.8 Å². The van der Waals surface area contributed by atoms with E-state index in [1.807, 2.05) is 66.9 Å². The Morgan fingerprint density at radius 3 is 2.23 bits per heavy atom. The highest BCUT2D eigenvalue weighted by molar-refractivity contribution is 5.91. The molecule has 35 heavy (non-hydrogen) atoms. The smallest absolute Gasteiger partial charge is 0.221 e. The molecule has 0 spiro atoms. The molecule has 1 aromatic heterocycles. The number of amides is 1. The number of aromatic nitrogens is 1. The summed E-state index contributed by atoms with van der Waals surface area (Å²) in [6, 6.07) is 19.4. The summed E-state index contributed by atoms with van der Waals surface area (Å²) in [6.07, 6.45) is 2.13. The minimum absolute atomic E-state index is 0.0834. The van der Waals surface area contributed by atoms with E-state index < -0.39 is 0 Å². The summed E-state index contributed by atoms with van der Waals surface area (Å²) in [5, 5.41) is 3.97. The quantitative estimate of drug-likeness (QED) is 0.337. The van der Waals surface area contributed by atoms with Crippen LogP contribution < -0.4 is 24.3 Å². The van der Waals surface area contributed by atoms with Crippen molar-refractivity contribution in [2.75, 3.05) is 28.4 Å². The van der Waals surface area contributed by atoms with Gasteiger partial charge in [-0.15, -0.1) is 0 Å². The van der Waals surface area contributed by atoms with E-state index >= 15 is 0 Å². The van der Waals surface area contributed by atoms with Crippen LogP contribution >= 0.6 is 0 Å². The molecule has 1 atom stereocenters. The van der Waals surface area contributed by atoms with Gasteiger partial charge in [-0.05, 0) is 29.3 Å². The molecular weight excluding hydrogens is 444 g/mol. The average Bonchev–Trinajstić information content (AvgIpc) is 3.34. The Morgan fingerprint density at radius 2 is 1.54 bits per heavy atom. The lowest BCUT2D eigenvalue weighted by Crippen LogP contribution is -2.25. The van der Waals surface area contributed by atoms with E-state index in [0.29, 0.717) is 23.8 Å². The van der Waals surface area contributed by atoms with Crippen LogP contribution in [-0.4, -0.2) is 39.3 Å². The monoisotopic (exact) mass is 474 g/mol. The first-order chi connectivity index (χ1) is 17.1. The van der Waals surface area contributed by atoms with E-state index in [0.717, 1.165) is 33.3 Å². The van der Waals surface area contributed by atoms with Crippen molar-refractivity contribution in [3.63, 3.8) is 0 Å². The molecule has 0 unspecified atom stereocenters. The maximum atomic E-state index is 13.2. The highest BCUT2D eigenvalue weighted by atomic mass is 16.5. The molecule has 0 saturated carbocycles. The van der Waals surface area contributed by atoms with Gasteiger partial charge in [0.15, 0.2) is 11.5 Å². The zero-order chi connectivity index (χ0) is 24.8. The lowest BCUT2D eigenvalue weighted by atomic mass is 9.86. The van der Waals surface area contributed by atoms with Crippen LogP contribution in [0.3, 0.4) is 0 Å². The van der Waals surface area contributed by atoms with E-state index in [4.69, 9.17) is 18.9 Å². The van der Waals surface area contributed by atoms with Crippen molar-refractivity contribution in [1.29, 1.82) is 0 Å².